The second kappa shape index (κ2) is 6.91. The van der Waals surface area contributed by atoms with Gasteiger partial charge in [0.15, 0.2) is 11.5 Å². The maximum atomic E-state index is 12.9. The summed E-state index contributed by atoms with van der Waals surface area (Å²) in [6.45, 7) is 6.43. The zero-order chi connectivity index (χ0) is 20.9. The van der Waals surface area contributed by atoms with Crippen LogP contribution in [0.4, 0.5) is 0 Å². The van der Waals surface area contributed by atoms with Gasteiger partial charge in [-0.25, -0.2) is 9.59 Å². The summed E-state index contributed by atoms with van der Waals surface area (Å²) in [5.41, 5.74) is 1.48. The lowest BCUT2D eigenvalue weighted by Crippen LogP contribution is -2.12. The Balaban J connectivity index is 2.39. The highest BCUT2D eigenvalue weighted by Crippen LogP contribution is 2.51. The summed E-state index contributed by atoms with van der Waals surface area (Å²) in [4.78, 5) is 25.0. The molecule has 0 aromatic heterocycles. The van der Waals surface area contributed by atoms with Crippen LogP contribution in [0, 0.1) is 27.7 Å². The summed E-state index contributed by atoms with van der Waals surface area (Å²) in [6.07, 6.45) is 0. The van der Waals surface area contributed by atoms with Crippen molar-refractivity contribution in [3.05, 3.63) is 38.4 Å². The van der Waals surface area contributed by atoms with E-state index in [4.69, 9.17) is 30.5 Å². The number of benzene rings is 2. The standard InChI is InChI=1S/C20H19ClO7/c1-7-12-15(10(4)16(25-5)13(7)21)27-17-8(2)11(19(23)26-6)14(22)9(3)18(17)28-20(12)24/h22H,1-6H3. The lowest BCUT2D eigenvalue weighted by Gasteiger charge is -2.19. The van der Waals surface area contributed by atoms with Gasteiger partial charge < -0.3 is 24.1 Å². The van der Waals surface area contributed by atoms with Gasteiger partial charge in [0.25, 0.3) is 0 Å². The minimum Gasteiger partial charge on any atom is -0.507 e. The number of phenolic OH excluding ortho intramolecular Hbond substituents is 1. The topological polar surface area (TPSA) is 91.3 Å². The number of esters is 2. The maximum Gasteiger partial charge on any atom is 0.347 e. The van der Waals surface area contributed by atoms with Crippen molar-refractivity contribution in [2.75, 3.05) is 14.2 Å². The number of rotatable bonds is 2. The SMILES string of the molecule is COC(=O)c1c(C)c2c(c(C)c1O)OC(=O)c1c(C)c(Cl)c(OC)c(C)c1O2. The molecule has 1 aliphatic heterocycles. The number of phenols is 1. The quantitative estimate of drug-likeness (QED) is 0.583. The van der Waals surface area contributed by atoms with Gasteiger partial charge in [0.05, 0.1) is 19.2 Å². The molecule has 1 aliphatic rings. The first-order valence-electron chi connectivity index (χ1n) is 8.36. The summed E-state index contributed by atoms with van der Waals surface area (Å²) in [7, 11) is 2.67. The Morgan fingerprint density at radius 1 is 0.929 bits per heavy atom. The fourth-order valence-corrected chi connectivity index (χ4v) is 3.61. The van der Waals surface area contributed by atoms with E-state index in [0.29, 0.717) is 16.9 Å². The van der Waals surface area contributed by atoms with E-state index in [1.54, 1.807) is 20.8 Å². The molecule has 0 unspecified atom stereocenters. The van der Waals surface area contributed by atoms with E-state index in [-0.39, 0.29) is 50.3 Å². The van der Waals surface area contributed by atoms with Crippen molar-refractivity contribution in [1.82, 2.24) is 0 Å². The molecule has 0 saturated carbocycles. The first-order chi connectivity index (χ1) is 13.1. The highest BCUT2D eigenvalue weighted by atomic mass is 35.5. The highest BCUT2D eigenvalue weighted by molar-refractivity contribution is 6.33. The number of hydrogen-bond donors (Lipinski definition) is 1. The number of carbonyl (C=O) groups excluding carboxylic acids is 2. The van der Waals surface area contributed by atoms with Crippen LogP contribution < -0.4 is 14.2 Å². The van der Waals surface area contributed by atoms with Crippen molar-refractivity contribution in [1.29, 1.82) is 0 Å². The molecular formula is C20H19ClO7. The molecule has 0 bridgehead atoms. The molecule has 1 heterocycles. The van der Waals surface area contributed by atoms with Crippen molar-refractivity contribution in [2.24, 2.45) is 0 Å². The third-order valence-electron chi connectivity index (χ3n) is 4.86. The molecule has 2 aromatic rings. The average Bonchev–Trinajstić information content (AvgIpc) is 2.82. The number of carbonyl (C=O) groups is 2. The van der Waals surface area contributed by atoms with E-state index in [2.05, 4.69) is 0 Å². The smallest absolute Gasteiger partial charge is 0.347 e. The van der Waals surface area contributed by atoms with Crippen LogP contribution in [0.15, 0.2) is 0 Å². The lowest BCUT2D eigenvalue weighted by atomic mass is 10.0. The van der Waals surface area contributed by atoms with Gasteiger partial charge in [-0.15, -0.1) is 0 Å². The summed E-state index contributed by atoms with van der Waals surface area (Å²) in [6, 6.07) is 0. The van der Waals surface area contributed by atoms with E-state index in [9.17, 15) is 14.7 Å². The van der Waals surface area contributed by atoms with Gasteiger partial charge in [-0.3, -0.25) is 0 Å². The van der Waals surface area contributed by atoms with Gasteiger partial charge in [-0.2, -0.15) is 0 Å². The van der Waals surface area contributed by atoms with Crippen LogP contribution in [0.25, 0.3) is 0 Å². The number of methoxy groups -OCH3 is 2. The molecule has 7 nitrogen and oxygen atoms in total. The molecule has 0 amide bonds. The minimum absolute atomic E-state index is 0.0257. The molecule has 2 aromatic carbocycles. The fraction of sp³-hybridized carbons (Fsp3) is 0.300. The second-order valence-electron chi connectivity index (χ2n) is 6.42. The molecule has 0 atom stereocenters. The fourth-order valence-electron chi connectivity index (χ4n) is 3.29. The largest absolute Gasteiger partial charge is 0.507 e. The van der Waals surface area contributed by atoms with Crippen LogP contribution in [0.3, 0.4) is 0 Å². The van der Waals surface area contributed by atoms with Crippen LogP contribution >= 0.6 is 11.6 Å². The van der Waals surface area contributed by atoms with Crippen LogP contribution in [0.1, 0.15) is 43.0 Å². The van der Waals surface area contributed by atoms with Crippen LogP contribution in [0.5, 0.6) is 28.7 Å². The van der Waals surface area contributed by atoms with E-state index in [0.717, 1.165) is 0 Å². The minimum atomic E-state index is -0.734. The Bertz CT molecular complexity index is 1040. The highest BCUT2D eigenvalue weighted by Gasteiger charge is 2.35. The van der Waals surface area contributed by atoms with Crippen molar-refractivity contribution >= 4 is 23.5 Å². The molecule has 0 fully saturated rings. The molecule has 0 aliphatic carbocycles. The molecule has 0 spiro atoms. The first-order valence-corrected chi connectivity index (χ1v) is 8.74. The van der Waals surface area contributed by atoms with Crippen LogP contribution in [-0.4, -0.2) is 31.3 Å². The predicted molar refractivity (Wildman–Crippen MR) is 101 cm³/mol. The molecule has 1 N–H and O–H groups in total. The van der Waals surface area contributed by atoms with E-state index < -0.39 is 11.9 Å². The zero-order valence-corrected chi connectivity index (χ0v) is 17.0. The summed E-state index contributed by atoms with van der Waals surface area (Å²) < 4.78 is 21.7. The first kappa shape index (κ1) is 19.8. The van der Waals surface area contributed by atoms with Crippen molar-refractivity contribution in [3.63, 3.8) is 0 Å². The van der Waals surface area contributed by atoms with Gasteiger partial charge in [0.1, 0.15) is 28.4 Å². The number of fused-ring (bicyclic) bond motifs is 2. The zero-order valence-electron chi connectivity index (χ0n) is 16.3. The number of aromatic hydroxyl groups is 1. The van der Waals surface area contributed by atoms with E-state index in [1.807, 2.05) is 0 Å². The number of ether oxygens (including phenoxy) is 4. The van der Waals surface area contributed by atoms with Gasteiger partial charge in [0.2, 0.25) is 0 Å². The Labute approximate surface area is 166 Å². The monoisotopic (exact) mass is 406 g/mol. The third-order valence-corrected chi connectivity index (χ3v) is 5.32. The normalized spacial score (nSPS) is 12.3. The Morgan fingerprint density at radius 3 is 2.11 bits per heavy atom. The van der Waals surface area contributed by atoms with E-state index >= 15 is 0 Å². The summed E-state index contributed by atoms with van der Waals surface area (Å²) >= 11 is 6.35. The van der Waals surface area contributed by atoms with E-state index in [1.165, 1.54) is 21.1 Å². The van der Waals surface area contributed by atoms with Crippen molar-refractivity contribution in [2.45, 2.75) is 27.7 Å². The summed E-state index contributed by atoms with van der Waals surface area (Å²) in [5, 5.41) is 10.8. The molecule has 0 radical (unpaired) electrons. The molecule has 0 saturated heterocycles. The van der Waals surface area contributed by atoms with Crippen LogP contribution in [0.2, 0.25) is 5.02 Å². The predicted octanol–water partition coefficient (Wildman–Crippen LogP) is 4.40. The molecule has 148 valence electrons. The third kappa shape index (κ3) is 2.65. The number of halogens is 1. The van der Waals surface area contributed by atoms with Gasteiger partial charge in [0, 0.05) is 16.7 Å². The lowest BCUT2D eigenvalue weighted by molar-refractivity contribution is 0.0596. The van der Waals surface area contributed by atoms with Crippen LogP contribution in [-0.2, 0) is 4.74 Å². The Morgan fingerprint density at radius 2 is 1.54 bits per heavy atom. The van der Waals surface area contributed by atoms with Crippen molar-refractivity contribution in [3.8, 4) is 28.7 Å². The average molecular weight is 407 g/mol. The molecule has 28 heavy (non-hydrogen) atoms. The molecule has 8 heteroatoms. The molecule has 3 rings (SSSR count). The van der Waals surface area contributed by atoms with Crippen molar-refractivity contribution < 1.29 is 33.6 Å². The van der Waals surface area contributed by atoms with Gasteiger partial charge in [-0.1, -0.05) is 11.6 Å². The Kier molecular flexibility index (Phi) is 4.89. The summed E-state index contributed by atoms with van der Waals surface area (Å²) in [5.74, 6) is -1.02. The van der Waals surface area contributed by atoms with Gasteiger partial charge in [-0.05, 0) is 33.3 Å². The molecular weight excluding hydrogens is 388 g/mol. The second-order valence-corrected chi connectivity index (χ2v) is 6.79. The van der Waals surface area contributed by atoms with Gasteiger partial charge >= 0.3 is 11.9 Å². The Hall–Kier alpha value is -2.93. The number of hydrogen-bond acceptors (Lipinski definition) is 7. The maximum absolute atomic E-state index is 12.9.